The molecule has 0 radical (unpaired) electrons. The molecule has 0 amide bonds. The van der Waals surface area contributed by atoms with Crippen molar-refractivity contribution < 1.29 is 30.0 Å². The van der Waals surface area contributed by atoms with Crippen molar-refractivity contribution in [3.63, 3.8) is 0 Å². The number of hydrogen-bond donors (Lipinski definition) is 0. The van der Waals surface area contributed by atoms with Crippen molar-refractivity contribution in [3.05, 3.63) is 36.7 Å². The summed E-state index contributed by atoms with van der Waals surface area (Å²) in [6, 6.07) is 5.58. The van der Waals surface area contributed by atoms with Crippen LogP contribution >= 0.6 is 11.8 Å². The molecular weight excluding hydrogens is 529 g/mol. The van der Waals surface area contributed by atoms with Crippen molar-refractivity contribution in [1.29, 1.82) is 0 Å². The van der Waals surface area contributed by atoms with E-state index in [0.29, 0.717) is 5.16 Å². The third-order valence-corrected chi connectivity index (χ3v) is 8.92. The second-order valence-electron chi connectivity index (χ2n) is 7.19. The van der Waals surface area contributed by atoms with Crippen LogP contribution in [0.2, 0.25) is 0 Å². The van der Waals surface area contributed by atoms with E-state index in [1.165, 1.54) is 59.5 Å². The summed E-state index contributed by atoms with van der Waals surface area (Å²) in [5.74, 6) is 0.00898. The van der Waals surface area contributed by atoms with Gasteiger partial charge in [-0.05, 0) is 36.6 Å². The smallest absolute Gasteiger partial charge is 0.326 e. The predicted octanol–water partition coefficient (Wildman–Crippen LogP) is 3.03. The summed E-state index contributed by atoms with van der Waals surface area (Å²) in [4.78, 5) is 11.7. The van der Waals surface area contributed by atoms with E-state index in [0.717, 1.165) is 12.1 Å². The van der Waals surface area contributed by atoms with Crippen molar-refractivity contribution in [2.45, 2.75) is 27.4 Å². The van der Waals surface area contributed by atoms with Gasteiger partial charge in [0.05, 0.1) is 26.6 Å². The zero-order valence-electron chi connectivity index (χ0n) is 18.3. The van der Waals surface area contributed by atoms with Crippen LogP contribution in [0.1, 0.15) is 6.92 Å². The van der Waals surface area contributed by atoms with Gasteiger partial charge in [-0.1, -0.05) is 18.7 Å². The van der Waals surface area contributed by atoms with E-state index in [1.807, 2.05) is 0 Å². The van der Waals surface area contributed by atoms with Gasteiger partial charge in [0.2, 0.25) is 5.16 Å². The molecule has 4 aromatic rings. The molecule has 3 aromatic heterocycles. The Labute approximate surface area is 202 Å². The van der Waals surface area contributed by atoms with Crippen molar-refractivity contribution in [2.24, 2.45) is 7.05 Å². The minimum absolute atomic E-state index is 0.0145. The molecule has 0 unspecified atom stereocenters. The number of aromatic nitrogens is 6. The number of imidazole rings is 1. The van der Waals surface area contributed by atoms with E-state index < -0.39 is 30.1 Å². The molecule has 10 nitrogen and oxygen atoms in total. The Morgan fingerprint density at radius 2 is 1.77 bits per heavy atom. The van der Waals surface area contributed by atoms with Gasteiger partial charge in [0.15, 0.2) is 21.5 Å². The van der Waals surface area contributed by atoms with Crippen molar-refractivity contribution in [3.8, 4) is 17.3 Å². The summed E-state index contributed by atoms with van der Waals surface area (Å²) < 4.78 is 91.1. The fourth-order valence-corrected chi connectivity index (χ4v) is 5.40. The standard InChI is InChI=1S/C19H17F3N6O4S3/c1-4-34(29,30)14-7-8-15(28-10-23-18(26-28)33-3)25-16(14)17-24-12-9-11(5-6-13(12)27(17)2)35(31,32)19(20,21)22/h5-10H,4H2,1-3H3. The first kappa shape index (κ1) is 25.1. The molecule has 0 fully saturated rings. The lowest BCUT2D eigenvalue weighted by Crippen LogP contribution is -2.23. The molecule has 0 aliphatic heterocycles. The van der Waals surface area contributed by atoms with Gasteiger partial charge < -0.3 is 4.57 Å². The molecule has 186 valence electrons. The molecule has 0 aliphatic carbocycles. The largest absolute Gasteiger partial charge is 0.501 e. The normalized spacial score (nSPS) is 13.0. The van der Waals surface area contributed by atoms with Gasteiger partial charge in [0.1, 0.15) is 12.0 Å². The molecule has 0 saturated carbocycles. The van der Waals surface area contributed by atoms with Gasteiger partial charge in [-0.2, -0.15) is 13.2 Å². The summed E-state index contributed by atoms with van der Waals surface area (Å²) >= 11 is 1.29. The summed E-state index contributed by atoms with van der Waals surface area (Å²) in [5.41, 5.74) is -5.35. The topological polar surface area (TPSA) is 130 Å². The number of hydrogen-bond acceptors (Lipinski definition) is 9. The number of sulfone groups is 2. The third kappa shape index (κ3) is 4.29. The lowest BCUT2D eigenvalue weighted by molar-refractivity contribution is -0.0435. The number of benzene rings is 1. The minimum atomic E-state index is -5.60. The minimum Gasteiger partial charge on any atom is -0.326 e. The number of nitrogens with zero attached hydrogens (tertiary/aromatic N) is 6. The lowest BCUT2D eigenvalue weighted by atomic mass is 10.3. The molecule has 0 aliphatic rings. The van der Waals surface area contributed by atoms with Gasteiger partial charge in [-0.15, -0.1) is 5.10 Å². The summed E-state index contributed by atoms with van der Waals surface area (Å²) in [7, 11) is -7.87. The van der Waals surface area contributed by atoms with Crippen molar-refractivity contribution >= 4 is 42.5 Å². The number of aryl methyl sites for hydroxylation is 1. The van der Waals surface area contributed by atoms with Crippen LogP contribution in [0.3, 0.4) is 0 Å². The zero-order chi connectivity index (χ0) is 25.8. The van der Waals surface area contributed by atoms with Crippen LogP contribution in [0.15, 0.2) is 51.6 Å². The third-order valence-electron chi connectivity index (χ3n) is 5.13. The maximum Gasteiger partial charge on any atom is 0.501 e. The van der Waals surface area contributed by atoms with Gasteiger partial charge in [-0.3, -0.25) is 0 Å². The molecule has 4 rings (SSSR count). The van der Waals surface area contributed by atoms with Crippen LogP contribution in [0.25, 0.3) is 28.4 Å². The second kappa shape index (κ2) is 8.60. The maximum absolute atomic E-state index is 13.0. The number of thioether (sulfide) groups is 1. The molecule has 0 bridgehead atoms. The van der Waals surface area contributed by atoms with Crippen molar-refractivity contribution in [1.82, 2.24) is 29.3 Å². The van der Waals surface area contributed by atoms with Crippen LogP contribution in [0.4, 0.5) is 13.2 Å². The summed E-state index contributed by atoms with van der Waals surface area (Å²) in [6.45, 7) is 1.46. The van der Waals surface area contributed by atoms with Crippen LogP contribution in [-0.2, 0) is 26.7 Å². The average Bonchev–Trinajstić information content (AvgIpc) is 3.42. The van der Waals surface area contributed by atoms with E-state index in [-0.39, 0.29) is 39.0 Å². The first-order chi connectivity index (χ1) is 16.3. The van der Waals surface area contributed by atoms with E-state index in [9.17, 15) is 30.0 Å². The first-order valence-electron chi connectivity index (χ1n) is 9.78. The fraction of sp³-hybridized carbons (Fsp3) is 0.263. The highest BCUT2D eigenvalue weighted by Gasteiger charge is 2.47. The molecular formula is C19H17F3N6O4S3. The zero-order valence-corrected chi connectivity index (χ0v) is 20.8. The van der Waals surface area contributed by atoms with Gasteiger partial charge in [0.25, 0.3) is 9.84 Å². The SMILES string of the molecule is CCS(=O)(=O)c1ccc(-n2cnc(SC)n2)nc1-c1nc2cc(S(=O)(=O)C(F)(F)F)ccc2n1C. The summed E-state index contributed by atoms with van der Waals surface area (Å²) in [6.07, 6.45) is 3.18. The molecule has 0 spiro atoms. The maximum atomic E-state index is 13.0. The van der Waals surface area contributed by atoms with Crippen LogP contribution < -0.4 is 0 Å². The van der Waals surface area contributed by atoms with Crippen LogP contribution in [0.5, 0.6) is 0 Å². The summed E-state index contributed by atoms with van der Waals surface area (Å²) in [5, 5.41) is 4.69. The van der Waals surface area contributed by atoms with E-state index in [2.05, 4.69) is 20.1 Å². The highest BCUT2D eigenvalue weighted by atomic mass is 32.2. The predicted molar refractivity (Wildman–Crippen MR) is 122 cm³/mol. The monoisotopic (exact) mass is 546 g/mol. The fourth-order valence-electron chi connectivity index (χ4n) is 3.27. The Bertz CT molecular complexity index is 1660. The molecule has 16 heteroatoms. The number of rotatable bonds is 6. The molecule has 0 saturated heterocycles. The lowest BCUT2D eigenvalue weighted by Gasteiger charge is -2.11. The molecule has 0 N–H and O–H groups in total. The molecule has 3 heterocycles. The van der Waals surface area contributed by atoms with Crippen LogP contribution in [-0.4, -0.2) is 63.7 Å². The molecule has 0 atom stereocenters. The number of alkyl halides is 3. The Kier molecular flexibility index (Phi) is 6.17. The quantitative estimate of drug-likeness (QED) is 0.335. The van der Waals surface area contributed by atoms with Gasteiger partial charge >= 0.3 is 5.51 Å². The number of halogens is 3. The molecule has 35 heavy (non-hydrogen) atoms. The number of pyridine rings is 1. The average molecular weight is 547 g/mol. The highest BCUT2D eigenvalue weighted by molar-refractivity contribution is 7.98. The van der Waals surface area contributed by atoms with Gasteiger partial charge in [-0.25, -0.2) is 36.5 Å². The Hall–Kier alpha value is -2.98. The van der Waals surface area contributed by atoms with E-state index in [1.54, 1.807) is 6.26 Å². The van der Waals surface area contributed by atoms with Gasteiger partial charge in [0, 0.05) is 7.05 Å². The Balaban J connectivity index is 1.96. The first-order valence-corrected chi connectivity index (χ1v) is 14.1. The second-order valence-corrected chi connectivity index (χ2v) is 12.2. The highest BCUT2D eigenvalue weighted by Crippen LogP contribution is 2.34. The Morgan fingerprint density at radius 3 is 2.37 bits per heavy atom. The van der Waals surface area contributed by atoms with E-state index in [4.69, 9.17) is 0 Å². The number of fused-ring (bicyclic) bond motifs is 1. The van der Waals surface area contributed by atoms with Crippen molar-refractivity contribution in [2.75, 3.05) is 12.0 Å². The Morgan fingerprint density at radius 1 is 1.06 bits per heavy atom. The molecule has 1 aromatic carbocycles. The van der Waals surface area contributed by atoms with Crippen LogP contribution in [0, 0.1) is 0 Å². The van der Waals surface area contributed by atoms with E-state index >= 15 is 0 Å².